The first kappa shape index (κ1) is 13.0. The molecule has 0 saturated heterocycles. The lowest BCUT2D eigenvalue weighted by atomic mass is 10.1. The summed E-state index contributed by atoms with van der Waals surface area (Å²) in [5, 5.41) is 0. The molecule has 0 rings (SSSR count). The molecule has 0 aromatic heterocycles. The van der Waals surface area contributed by atoms with E-state index >= 15 is 0 Å². The predicted octanol–water partition coefficient (Wildman–Crippen LogP) is 1.24. The third kappa shape index (κ3) is 12.0. The summed E-state index contributed by atoms with van der Waals surface area (Å²) in [6.07, 6.45) is 7.28. The Kier molecular flexibility index (Phi) is 10.1. The second-order valence-corrected chi connectivity index (χ2v) is 3.70. The van der Waals surface area contributed by atoms with Crippen LogP contribution in [-0.4, -0.2) is 15.3 Å². The van der Waals surface area contributed by atoms with Crippen molar-refractivity contribution in [3.63, 3.8) is 0 Å². The van der Waals surface area contributed by atoms with Crippen molar-refractivity contribution in [1.29, 1.82) is 0 Å². The van der Waals surface area contributed by atoms with Gasteiger partial charge >= 0.3 is 0 Å². The summed E-state index contributed by atoms with van der Waals surface area (Å²) in [5.74, 6) is 0. The molecule has 0 saturated carbocycles. The molecule has 0 fully saturated rings. The standard InChI is InChI=1S/C8H20N2O2S/c1-2-3-4-5-6-7-8-9-10-13(11)12/h9-10H,2-8H2,1H3,(H,11,12)/p-1. The van der Waals surface area contributed by atoms with Gasteiger partial charge in [-0.3, -0.25) is 4.21 Å². The summed E-state index contributed by atoms with van der Waals surface area (Å²) in [6.45, 7) is 2.90. The van der Waals surface area contributed by atoms with Crippen LogP contribution in [0.2, 0.25) is 0 Å². The number of hydrogen-bond acceptors (Lipinski definition) is 3. The van der Waals surface area contributed by atoms with Gasteiger partial charge in [0.05, 0.1) is 0 Å². The predicted molar refractivity (Wildman–Crippen MR) is 53.4 cm³/mol. The van der Waals surface area contributed by atoms with Crippen LogP contribution in [-0.2, 0) is 11.3 Å². The third-order valence-electron chi connectivity index (χ3n) is 1.81. The van der Waals surface area contributed by atoms with E-state index in [1.165, 1.54) is 32.1 Å². The summed E-state index contributed by atoms with van der Waals surface area (Å²) in [7, 11) is 0. The minimum atomic E-state index is -2.19. The van der Waals surface area contributed by atoms with Gasteiger partial charge in [-0.1, -0.05) is 39.0 Å². The van der Waals surface area contributed by atoms with Crippen LogP contribution in [0.3, 0.4) is 0 Å². The minimum Gasteiger partial charge on any atom is -0.759 e. The lowest BCUT2D eigenvalue weighted by molar-refractivity contribution is 0.496. The van der Waals surface area contributed by atoms with Crippen LogP contribution >= 0.6 is 0 Å². The molecule has 2 N–H and O–H groups in total. The van der Waals surface area contributed by atoms with E-state index < -0.39 is 11.3 Å². The largest absolute Gasteiger partial charge is 0.759 e. The van der Waals surface area contributed by atoms with Gasteiger partial charge in [0.15, 0.2) is 0 Å². The third-order valence-corrected chi connectivity index (χ3v) is 2.12. The fourth-order valence-corrected chi connectivity index (χ4v) is 1.32. The maximum absolute atomic E-state index is 10.00. The summed E-state index contributed by atoms with van der Waals surface area (Å²) < 4.78 is 20.0. The van der Waals surface area contributed by atoms with E-state index in [9.17, 15) is 8.76 Å². The smallest absolute Gasteiger partial charge is 0.0324 e. The molecule has 0 aliphatic rings. The Morgan fingerprint density at radius 2 is 1.77 bits per heavy atom. The Balaban J connectivity index is 2.87. The molecule has 0 aromatic rings. The Bertz CT molecular complexity index is 133. The highest BCUT2D eigenvalue weighted by Gasteiger charge is 1.89. The van der Waals surface area contributed by atoms with Crippen LogP contribution in [0.15, 0.2) is 0 Å². The number of rotatable bonds is 9. The van der Waals surface area contributed by atoms with Gasteiger partial charge in [-0.05, 0) is 6.42 Å². The molecule has 1 atom stereocenters. The first-order valence-electron chi connectivity index (χ1n) is 4.85. The molecule has 0 heterocycles. The molecule has 4 nitrogen and oxygen atoms in total. The molecule has 0 radical (unpaired) electrons. The van der Waals surface area contributed by atoms with Crippen molar-refractivity contribution >= 4 is 11.3 Å². The van der Waals surface area contributed by atoms with E-state index in [0.717, 1.165) is 6.42 Å². The van der Waals surface area contributed by atoms with E-state index in [2.05, 4.69) is 17.2 Å². The number of hydrazine groups is 1. The van der Waals surface area contributed by atoms with Crippen LogP contribution in [0.1, 0.15) is 45.4 Å². The molecule has 0 aromatic carbocycles. The van der Waals surface area contributed by atoms with Crippen molar-refractivity contribution in [2.75, 3.05) is 6.54 Å². The maximum atomic E-state index is 10.00. The van der Waals surface area contributed by atoms with Gasteiger partial charge < -0.3 is 4.55 Å². The minimum absolute atomic E-state index is 0.708. The van der Waals surface area contributed by atoms with Crippen molar-refractivity contribution in [2.24, 2.45) is 0 Å². The van der Waals surface area contributed by atoms with E-state index in [-0.39, 0.29) is 0 Å². The van der Waals surface area contributed by atoms with Gasteiger partial charge in [-0.25, -0.2) is 5.43 Å². The quantitative estimate of drug-likeness (QED) is 0.339. The zero-order valence-electron chi connectivity index (χ0n) is 8.17. The fourth-order valence-electron chi connectivity index (χ4n) is 1.10. The average molecular weight is 207 g/mol. The van der Waals surface area contributed by atoms with E-state index in [4.69, 9.17) is 0 Å². The molecule has 80 valence electrons. The summed E-state index contributed by atoms with van der Waals surface area (Å²) >= 11 is -2.19. The van der Waals surface area contributed by atoms with Gasteiger partial charge in [-0.15, -0.1) is 0 Å². The van der Waals surface area contributed by atoms with Gasteiger partial charge in [0.1, 0.15) is 0 Å². The molecule has 0 spiro atoms. The van der Waals surface area contributed by atoms with Gasteiger partial charge in [0.2, 0.25) is 0 Å². The highest BCUT2D eigenvalue weighted by molar-refractivity contribution is 7.76. The summed E-state index contributed by atoms with van der Waals surface area (Å²) in [4.78, 5) is 2.11. The normalized spacial score (nSPS) is 13.1. The highest BCUT2D eigenvalue weighted by Crippen LogP contribution is 2.03. The van der Waals surface area contributed by atoms with Crippen molar-refractivity contribution in [2.45, 2.75) is 45.4 Å². The second-order valence-electron chi connectivity index (χ2n) is 3.03. The van der Waals surface area contributed by atoms with E-state index in [1.807, 2.05) is 0 Å². The highest BCUT2D eigenvalue weighted by atomic mass is 32.2. The van der Waals surface area contributed by atoms with Crippen molar-refractivity contribution < 1.29 is 8.76 Å². The SMILES string of the molecule is CCCCCCCCNNS(=O)[O-]. The molecule has 13 heavy (non-hydrogen) atoms. The average Bonchev–Trinajstić information content (AvgIpc) is 2.09. The van der Waals surface area contributed by atoms with Gasteiger partial charge in [-0.2, -0.15) is 4.83 Å². The Morgan fingerprint density at radius 1 is 1.15 bits per heavy atom. The fraction of sp³-hybridized carbons (Fsp3) is 1.00. The molecule has 5 heteroatoms. The summed E-state index contributed by atoms with van der Waals surface area (Å²) in [6, 6.07) is 0. The molecule has 0 aliphatic heterocycles. The Morgan fingerprint density at radius 3 is 2.38 bits per heavy atom. The maximum Gasteiger partial charge on any atom is 0.0324 e. The topological polar surface area (TPSA) is 64.2 Å². The number of unbranched alkanes of at least 4 members (excludes halogenated alkanes) is 5. The van der Waals surface area contributed by atoms with E-state index in [0.29, 0.717) is 6.54 Å². The van der Waals surface area contributed by atoms with Crippen molar-refractivity contribution in [3.8, 4) is 0 Å². The van der Waals surface area contributed by atoms with Crippen molar-refractivity contribution in [3.05, 3.63) is 0 Å². The Labute approximate surface area is 82.9 Å². The molecule has 0 aliphatic carbocycles. The zero-order chi connectivity index (χ0) is 9.94. The lowest BCUT2D eigenvalue weighted by Crippen LogP contribution is -2.33. The zero-order valence-corrected chi connectivity index (χ0v) is 8.99. The van der Waals surface area contributed by atoms with Crippen LogP contribution in [0, 0.1) is 0 Å². The molecule has 1 unspecified atom stereocenters. The Hall–Kier alpha value is 0.0300. The lowest BCUT2D eigenvalue weighted by Gasteiger charge is -2.08. The van der Waals surface area contributed by atoms with Gasteiger partial charge in [0.25, 0.3) is 0 Å². The van der Waals surface area contributed by atoms with Crippen LogP contribution in [0.5, 0.6) is 0 Å². The molecule has 0 amide bonds. The number of hydrogen-bond donors (Lipinski definition) is 2. The monoisotopic (exact) mass is 207 g/mol. The molecule has 0 bridgehead atoms. The number of nitrogens with one attached hydrogen (secondary N) is 2. The molecular weight excluding hydrogens is 188 g/mol. The van der Waals surface area contributed by atoms with Crippen LogP contribution < -0.4 is 10.3 Å². The van der Waals surface area contributed by atoms with Crippen molar-refractivity contribution in [1.82, 2.24) is 10.3 Å². The summed E-state index contributed by atoms with van der Waals surface area (Å²) in [5.41, 5.74) is 2.61. The molecular formula is C8H19N2O2S-. The van der Waals surface area contributed by atoms with Crippen LogP contribution in [0.4, 0.5) is 0 Å². The van der Waals surface area contributed by atoms with Crippen LogP contribution in [0.25, 0.3) is 0 Å². The first-order valence-corrected chi connectivity index (χ1v) is 5.92. The second kappa shape index (κ2) is 10.1. The first-order chi connectivity index (χ1) is 6.27. The van der Waals surface area contributed by atoms with Gasteiger partial charge in [0, 0.05) is 17.8 Å². The van der Waals surface area contributed by atoms with E-state index in [1.54, 1.807) is 0 Å².